The number of amides is 1. The second-order valence-corrected chi connectivity index (χ2v) is 5.28. The number of carbonyl (C=O) groups excluding carboxylic acids is 1. The van der Waals surface area contributed by atoms with E-state index < -0.39 is 6.10 Å². The molecule has 1 fully saturated rings. The van der Waals surface area contributed by atoms with Crippen molar-refractivity contribution in [3.8, 4) is 0 Å². The molecule has 0 heterocycles. The fourth-order valence-corrected chi connectivity index (χ4v) is 2.59. The molecule has 1 aliphatic rings. The molecule has 1 saturated carbocycles. The first-order valence-electron chi connectivity index (χ1n) is 7.38. The molecule has 0 aromatic heterocycles. The molecule has 1 rings (SSSR count). The van der Waals surface area contributed by atoms with Gasteiger partial charge < -0.3 is 20.5 Å². The van der Waals surface area contributed by atoms with Crippen LogP contribution in [-0.4, -0.2) is 50.0 Å². The van der Waals surface area contributed by atoms with Crippen molar-refractivity contribution in [2.24, 2.45) is 5.92 Å². The number of hydrogen-bond donors (Lipinski definition) is 3. The number of nitrogens with one attached hydrogen (secondary N) is 2. The minimum absolute atomic E-state index is 0.0774. The average Bonchev–Trinajstić information content (AvgIpc) is 2.45. The molecule has 112 valence electrons. The van der Waals surface area contributed by atoms with Gasteiger partial charge in [0, 0.05) is 13.6 Å². The molecule has 0 spiro atoms. The molecule has 0 aliphatic heterocycles. The molecule has 0 aromatic carbocycles. The highest BCUT2D eigenvalue weighted by molar-refractivity contribution is 5.77. The van der Waals surface area contributed by atoms with E-state index >= 15 is 0 Å². The van der Waals surface area contributed by atoms with Crippen LogP contribution < -0.4 is 10.6 Å². The Balaban J connectivity index is 2.14. The second-order valence-electron chi connectivity index (χ2n) is 5.28. The molecule has 5 heteroatoms. The summed E-state index contributed by atoms with van der Waals surface area (Å²) in [7, 11) is 1.59. The summed E-state index contributed by atoms with van der Waals surface area (Å²) in [4.78, 5) is 11.0. The van der Waals surface area contributed by atoms with E-state index in [2.05, 4.69) is 17.6 Å². The van der Waals surface area contributed by atoms with E-state index in [0.29, 0.717) is 25.2 Å². The Bertz CT molecular complexity index is 261. The van der Waals surface area contributed by atoms with E-state index in [1.807, 2.05) is 0 Å². The second kappa shape index (κ2) is 9.28. The lowest BCUT2D eigenvalue weighted by Gasteiger charge is -2.31. The molecule has 1 amide bonds. The van der Waals surface area contributed by atoms with E-state index in [1.54, 1.807) is 7.05 Å². The quantitative estimate of drug-likeness (QED) is 0.607. The smallest absolute Gasteiger partial charge is 0.233 e. The molecule has 0 aromatic rings. The van der Waals surface area contributed by atoms with Gasteiger partial charge in [-0.05, 0) is 18.8 Å². The number of rotatable bonds is 8. The monoisotopic (exact) mass is 272 g/mol. The van der Waals surface area contributed by atoms with E-state index in [9.17, 15) is 9.90 Å². The highest BCUT2D eigenvalue weighted by Crippen LogP contribution is 2.29. The van der Waals surface area contributed by atoms with Crippen molar-refractivity contribution in [3.63, 3.8) is 0 Å². The number of ether oxygens (including phenoxy) is 1. The van der Waals surface area contributed by atoms with E-state index in [-0.39, 0.29) is 12.5 Å². The third-order valence-corrected chi connectivity index (χ3v) is 3.81. The van der Waals surface area contributed by atoms with Gasteiger partial charge in [0.2, 0.25) is 5.91 Å². The Morgan fingerprint density at radius 1 is 1.42 bits per heavy atom. The van der Waals surface area contributed by atoms with E-state index in [1.165, 1.54) is 19.3 Å². The lowest BCUT2D eigenvalue weighted by atomic mass is 9.85. The minimum atomic E-state index is -0.552. The van der Waals surface area contributed by atoms with Gasteiger partial charge in [-0.1, -0.05) is 26.2 Å². The van der Waals surface area contributed by atoms with Crippen LogP contribution in [0.2, 0.25) is 0 Å². The average molecular weight is 272 g/mol. The van der Waals surface area contributed by atoms with Crippen LogP contribution in [0.4, 0.5) is 0 Å². The van der Waals surface area contributed by atoms with Crippen molar-refractivity contribution in [1.29, 1.82) is 0 Å². The first-order chi connectivity index (χ1) is 9.17. The van der Waals surface area contributed by atoms with Crippen LogP contribution in [0.25, 0.3) is 0 Å². The number of likely N-dealkylation sites (N-methyl/N-ethyl adjacent to an activating group) is 1. The molecule has 0 radical (unpaired) electrons. The molecule has 5 nitrogen and oxygen atoms in total. The zero-order valence-electron chi connectivity index (χ0n) is 12.2. The summed E-state index contributed by atoms with van der Waals surface area (Å²) in [5, 5.41) is 15.2. The molecular formula is C14H28N2O3. The zero-order chi connectivity index (χ0) is 14.1. The van der Waals surface area contributed by atoms with Gasteiger partial charge in [-0.25, -0.2) is 0 Å². The predicted octanol–water partition coefficient (Wildman–Crippen LogP) is 0.668. The lowest BCUT2D eigenvalue weighted by molar-refractivity contribution is -0.119. The number of hydrogen-bond acceptors (Lipinski definition) is 4. The molecule has 19 heavy (non-hydrogen) atoms. The standard InChI is InChI=1S/C14H28N2O3/c1-3-11-6-4-5-7-13(11)19-10-12(17)8-16-9-14(18)15-2/h11-13,16-17H,3-10H2,1-2H3,(H,15,18). The Morgan fingerprint density at radius 2 is 2.16 bits per heavy atom. The fourth-order valence-electron chi connectivity index (χ4n) is 2.59. The van der Waals surface area contributed by atoms with Crippen molar-refractivity contribution in [3.05, 3.63) is 0 Å². The van der Waals surface area contributed by atoms with Gasteiger partial charge in [0.1, 0.15) is 0 Å². The van der Waals surface area contributed by atoms with Gasteiger partial charge in [-0.15, -0.1) is 0 Å². The van der Waals surface area contributed by atoms with Crippen molar-refractivity contribution >= 4 is 5.91 Å². The Labute approximate surface area is 116 Å². The first-order valence-corrected chi connectivity index (χ1v) is 7.38. The van der Waals surface area contributed by atoms with Crippen molar-refractivity contribution in [1.82, 2.24) is 10.6 Å². The van der Waals surface area contributed by atoms with Crippen LogP contribution in [0.3, 0.4) is 0 Å². The van der Waals surface area contributed by atoms with Gasteiger partial charge in [0.05, 0.1) is 25.4 Å². The maximum atomic E-state index is 11.0. The van der Waals surface area contributed by atoms with Crippen LogP contribution in [0.5, 0.6) is 0 Å². The third kappa shape index (κ3) is 6.36. The molecule has 3 N–H and O–H groups in total. The maximum Gasteiger partial charge on any atom is 0.233 e. The molecular weight excluding hydrogens is 244 g/mol. The summed E-state index contributed by atoms with van der Waals surface area (Å²) in [6.07, 6.45) is 5.77. The van der Waals surface area contributed by atoms with Crippen LogP contribution in [-0.2, 0) is 9.53 Å². The SMILES string of the molecule is CCC1CCCCC1OCC(O)CNCC(=O)NC. The zero-order valence-corrected chi connectivity index (χ0v) is 12.2. The highest BCUT2D eigenvalue weighted by Gasteiger charge is 2.24. The van der Waals surface area contributed by atoms with Crippen LogP contribution in [0.15, 0.2) is 0 Å². The predicted molar refractivity (Wildman–Crippen MR) is 74.9 cm³/mol. The summed E-state index contributed by atoms with van der Waals surface area (Å²) in [6.45, 7) is 3.17. The molecule has 0 saturated heterocycles. The highest BCUT2D eigenvalue weighted by atomic mass is 16.5. The number of aliphatic hydroxyl groups excluding tert-OH is 1. The number of carbonyl (C=O) groups is 1. The summed E-state index contributed by atoms with van der Waals surface area (Å²) in [5.41, 5.74) is 0. The van der Waals surface area contributed by atoms with Gasteiger partial charge in [0.15, 0.2) is 0 Å². The minimum Gasteiger partial charge on any atom is -0.389 e. The normalized spacial score (nSPS) is 25.0. The largest absolute Gasteiger partial charge is 0.389 e. The molecule has 1 aliphatic carbocycles. The van der Waals surface area contributed by atoms with E-state index in [0.717, 1.165) is 12.8 Å². The lowest BCUT2D eigenvalue weighted by Crippen LogP contribution is -2.38. The van der Waals surface area contributed by atoms with Crippen molar-refractivity contribution in [2.75, 3.05) is 26.7 Å². The molecule has 3 atom stereocenters. The van der Waals surface area contributed by atoms with Gasteiger partial charge in [-0.2, -0.15) is 0 Å². The van der Waals surface area contributed by atoms with E-state index in [4.69, 9.17) is 4.74 Å². The first kappa shape index (κ1) is 16.4. The fraction of sp³-hybridized carbons (Fsp3) is 0.929. The molecule has 3 unspecified atom stereocenters. The molecule has 0 bridgehead atoms. The Hall–Kier alpha value is -0.650. The number of aliphatic hydroxyl groups is 1. The van der Waals surface area contributed by atoms with Crippen molar-refractivity contribution in [2.45, 2.75) is 51.2 Å². The van der Waals surface area contributed by atoms with Crippen molar-refractivity contribution < 1.29 is 14.6 Å². The van der Waals surface area contributed by atoms with Crippen LogP contribution in [0, 0.1) is 5.92 Å². The topological polar surface area (TPSA) is 70.6 Å². The third-order valence-electron chi connectivity index (χ3n) is 3.81. The van der Waals surface area contributed by atoms with Gasteiger partial charge in [-0.3, -0.25) is 4.79 Å². The Morgan fingerprint density at radius 3 is 2.84 bits per heavy atom. The van der Waals surface area contributed by atoms with Gasteiger partial charge in [0.25, 0.3) is 0 Å². The maximum absolute atomic E-state index is 11.0. The van der Waals surface area contributed by atoms with Gasteiger partial charge >= 0.3 is 0 Å². The summed E-state index contributed by atoms with van der Waals surface area (Å²) in [5.74, 6) is 0.561. The Kier molecular flexibility index (Phi) is 8.02. The summed E-state index contributed by atoms with van der Waals surface area (Å²) >= 11 is 0. The van der Waals surface area contributed by atoms with Crippen LogP contribution >= 0.6 is 0 Å². The van der Waals surface area contributed by atoms with Crippen LogP contribution in [0.1, 0.15) is 39.0 Å². The summed E-state index contributed by atoms with van der Waals surface area (Å²) < 4.78 is 5.84. The summed E-state index contributed by atoms with van der Waals surface area (Å²) in [6, 6.07) is 0.